The van der Waals surface area contributed by atoms with Gasteiger partial charge in [-0.05, 0) is 18.6 Å². The maximum absolute atomic E-state index is 12.5. The van der Waals surface area contributed by atoms with E-state index in [-0.39, 0.29) is 18.4 Å². The lowest BCUT2D eigenvalue weighted by Gasteiger charge is -2.11. The molecule has 0 spiro atoms. The number of hydrogen-bond acceptors (Lipinski definition) is 6. The fraction of sp³-hybridized carbons (Fsp3) is 0.412. The van der Waals surface area contributed by atoms with Gasteiger partial charge in [-0.15, -0.1) is 0 Å². The van der Waals surface area contributed by atoms with Gasteiger partial charge < -0.3 is 9.47 Å². The van der Waals surface area contributed by atoms with Crippen molar-refractivity contribution in [2.24, 2.45) is 5.92 Å². The molecule has 0 N–H and O–H groups in total. The monoisotopic (exact) mass is 374 g/mol. The minimum absolute atomic E-state index is 0.0381. The quantitative estimate of drug-likeness (QED) is 0.395. The average molecular weight is 374 g/mol. The molecule has 26 heavy (non-hydrogen) atoms. The third kappa shape index (κ3) is 5.98. The molecule has 0 saturated heterocycles. The fourth-order valence-electron chi connectivity index (χ4n) is 2.14. The molecule has 0 aromatic heterocycles. The Morgan fingerprint density at radius 3 is 1.88 bits per heavy atom. The van der Waals surface area contributed by atoms with Crippen LogP contribution in [0.25, 0.3) is 0 Å². The van der Waals surface area contributed by atoms with E-state index in [1.54, 1.807) is 0 Å². The summed E-state index contributed by atoms with van der Waals surface area (Å²) in [6.07, 6.45) is -5.53. The number of esters is 2. The molecule has 0 aliphatic rings. The van der Waals surface area contributed by atoms with Crippen LogP contribution in [0, 0.1) is 5.92 Å². The summed E-state index contributed by atoms with van der Waals surface area (Å²) in [5, 5.41) is 0. The summed E-state index contributed by atoms with van der Waals surface area (Å²) < 4.78 is 46.3. The van der Waals surface area contributed by atoms with E-state index in [1.165, 1.54) is 0 Å². The molecule has 0 atom stereocenters. The maximum Gasteiger partial charge on any atom is 0.416 e. The standard InChI is InChI=1S/C17H17F3O6/c1-25-15(23)13(16(24)26-2)8-7-12(21)9-14(22)10-3-5-11(6-4-10)17(18,19)20/h3-6,13H,7-9H2,1-2H3. The molecule has 0 amide bonds. The zero-order valence-corrected chi connectivity index (χ0v) is 14.1. The summed E-state index contributed by atoms with van der Waals surface area (Å²) in [6, 6.07) is 3.48. The number of Topliss-reactive ketones (excluding diaryl/α,β-unsaturated/α-hetero) is 2. The number of methoxy groups -OCH3 is 2. The van der Waals surface area contributed by atoms with Crippen LogP contribution in [0.15, 0.2) is 24.3 Å². The summed E-state index contributed by atoms with van der Waals surface area (Å²) in [7, 11) is 2.16. The molecule has 0 saturated carbocycles. The van der Waals surface area contributed by atoms with Gasteiger partial charge in [0.05, 0.1) is 26.2 Å². The second-order valence-corrected chi connectivity index (χ2v) is 5.35. The van der Waals surface area contributed by atoms with Gasteiger partial charge in [-0.1, -0.05) is 12.1 Å². The highest BCUT2D eigenvalue weighted by molar-refractivity contribution is 6.08. The Balaban J connectivity index is 2.65. The van der Waals surface area contributed by atoms with E-state index < -0.39 is 47.6 Å². The Kier molecular flexibility index (Phi) is 7.48. The van der Waals surface area contributed by atoms with Crippen LogP contribution in [0.1, 0.15) is 35.2 Å². The molecule has 0 radical (unpaired) electrons. The summed E-state index contributed by atoms with van der Waals surface area (Å²) >= 11 is 0. The van der Waals surface area contributed by atoms with Crippen molar-refractivity contribution >= 4 is 23.5 Å². The summed E-state index contributed by atoms with van der Waals surface area (Å²) in [5.74, 6) is -4.23. The van der Waals surface area contributed by atoms with E-state index in [0.717, 1.165) is 38.5 Å². The number of benzene rings is 1. The van der Waals surface area contributed by atoms with Gasteiger partial charge in [-0.2, -0.15) is 13.2 Å². The molecular formula is C17H17F3O6. The first kappa shape index (κ1) is 21.3. The van der Waals surface area contributed by atoms with Crippen LogP contribution < -0.4 is 0 Å². The van der Waals surface area contributed by atoms with Crippen molar-refractivity contribution in [1.82, 2.24) is 0 Å². The number of ether oxygens (including phenoxy) is 2. The van der Waals surface area contributed by atoms with Gasteiger partial charge in [0.25, 0.3) is 0 Å². The van der Waals surface area contributed by atoms with Crippen molar-refractivity contribution in [3.05, 3.63) is 35.4 Å². The van der Waals surface area contributed by atoms with Gasteiger partial charge in [-0.25, -0.2) is 0 Å². The fourth-order valence-corrected chi connectivity index (χ4v) is 2.14. The Hall–Kier alpha value is -2.71. The second kappa shape index (κ2) is 9.12. The summed E-state index contributed by atoms with van der Waals surface area (Å²) in [5.41, 5.74) is -0.941. The molecule has 0 aliphatic carbocycles. The Morgan fingerprint density at radius 1 is 0.962 bits per heavy atom. The van der Waals surface area contributed by atoms with Crippen LogP contribution in [0.4, 0.5) is 13.2 Å². The molecule has 1 aromatic rings. The van der Waals surface area contributed by atoms with Crippen LogP contribution in [0.2, 0.25) is 0 Å². The minimum Gasteiger partial charge on any atom is -0.468 e. The zero-order valence-electron chi connectivity index (χ0n) is 14.1. The smallest absolute Gasteiger partial charge is 0.416 e. The Bertz CT molecular complexity index is 663. The Labute approximate surface area is 147 Å². The number of halogens is 3. The number of carbonyl (C=O) groups is 4. The third-order valence-electron chi connectivity index (χ3n) is 3.58. The van der Waals surface area contributed by atoms with Crippen LogP contribution in [-0.4, -0.2) is 37.7 Å². The highest BCUT2D eigenvalue weighted by Crippen LogP contribution is 2.29. The third-order valence-corrected chi connectivity index (χ3v) is 3.58. The molecule has 1 rings (SSSR count). The molecule has 6 nitrogen and oxygen atoms in total. The van der Waals surface area contributed by atoms with E-state index in [1.807, 2.05) is 0 Å². The van der Waals surface area contributed by atoms with Crippen LogP contribution in [-0.2, 0) is 30.0 Å². The van der Waals surface area contributed by atoms with Crippen molar-refractivity contribution in [3.8, 4) is 0 Å². The maximum atomic E-state index is 12.5. The SMILES string of the molecule is COC(=O)C(CCC(=O)CC(=O)c1ccc(C(F)(F)F)cc1)C(=O)OC. The van der Waals surface area contributed by atoms with E-state index in [0.29, 0.717) is 0 Å². The van der Waals surface area contributed by atoms with E-state index in [4.69, 9.17) is 0 Å². The van der Waals surface area contributed by atoms with Crippen molar-refractivity contribution in [2.45, 2.75) is 25.4 Å². The lowest BCUT2D eigenvalue weighted by molar-refractivity contribution is -0.159. The molecule has 0 bridgehead atoms. The molecule has 0 aliphatic heterocycles. The topological polar surface area (TPSA) is 86.7 Å². The average Bonchev–Trinajstić information content (AvgIpc) is 2.60. The number of rotatable bonds is 8. The first-order valence-electron chi connectivity index (χ1n) is 7.48. The predicted molar refractivity (Wildman–Crippen MR) is 82.2 cm³/mol. The molecule has 9 heteroatoms. The van der Waals surface area contributed by atoms with Gasteiger partial charge in [-0.3, -0.25) is 19.2 Å². The number of alkyl halides is 3. The molecular weight excluding hydrogens is 357 g/mol. The second-order valence-electron chi connectivity index (χ2n) is 5.35. The van der Waals surface area contributed by atoms with Gasteiger partial charge >= 0.3 is 18.1 Å². The highest BCUT2D eigenvalue weighted by atomic mass is 19.4. The molecule has 0 unspecified atom stereocenters. The molecule has 0 heterocycles. The number of ketones is 2. The van der Waals surface area contributed by atoms with Crippen LogP contribution in [0.5, 0.6) is 0 Å². The lowest BCUT2D eigenvalue weighted by Crippen LogP contribution is -2.27. The largest absolute Gasteiger partial charge is 0.468 e. The predicted octanol–water partition coefficient (Wildman–Crippen LogP) is 2.59. The van der Waals surface area contributed by atoms with E-state index >= 15 is 0 Å². The van der Waals surface area contributed by atoms with Crippen molar-refractivity contribution in [1.29, 1.82) is 0 Å². The van der Waals surface area contributed by atoms with E-state index in [2.05, 4.69) is 9.47 Å². The minimum atomic E-state index is -4.52. The normalized spacial score (nSPS) is 11.2. The number of carbonyl (C=O) groups excluding carboxylic acids is 4. The first-order chi connectivity index (χ1) is 12.1. The summed E-state index contributed by atoms with van der Waals surface area (Å²) in [6.45, 7) is 0. The van der Waals surface area contributed by atoms with Gasteiger partial charge in [0, 0.05) is 12.0 Å². The summed E-state index contributed by atoms with van der Waals surface area (Å²) in [4.78, 5) is 46.8. The van der Waals surface area contributed by atoms with Crippen molar-refractivity contribution in [3.63, 3.8) is 0 Å². The zero-order chi connectivity index (χ0) is 19.9. The van der Waals surface area contributed by atoms with Crippen LogP contribution >= 0.6 is 0 Å². The lowest BCUT2D eigenvalue weighted by atomic mass is 9.98. The molecule has 1 aromatic carbocycles. The van der Waals surface area contributed by atoms with E-state index in [9.17, 15) is 32.3 Å². The van der Waals surface area contributed by atoms with Gasteiger partial charge in [0.2, 0.25) is 0 Å². The highest BCUT2D eigenvalue weighted by Gasteiger charge is 2.31. The molecule has 0 fully saturated rings. The Morgan fingerprint density at radius 2 is 1.46 bits per heavy atom. The van der Waals surface area contributed by atoms with Crippen molar-refractivity contribution in [2.75, 3.05) is 14.2 Å². The van der Waals surface area contributed by atoms with Gasteiger partial charge in [0.15, 0.2) is 11.7 Å². The van der Waals surface area contributed by atoms with Crippen LogP contribution in [0.3, 0.4) is 0 Å². The van der Waals surface area contributed by atoms with Crippen molar-refractivity contribution < 1.29 is 41.8 Å². The van der Waals surface area contributed by atoms with Gasteiger partial charge in [0.1, 0.15) is 5.78 Å². The number of hydrogen-bond donors (Lipinski definition) is 0. The first-order valence-corrected chi connectivity index (χ1v) is 7.48. The molecule has 142 valence electrons.